The van der Waals surface area contributed by atoms with Gasteiger partial charge in [-0.1, -0.05) is 32.1 Å². The first-order valence-corrected chi connectivity index (χ1v) is 9.15. The van der Waals surface area contributed by atoms with E-state index >= 15 is 0 Å². The first-order valence-electron chi connectivity index (χ1n) is 8.34. The van der Waals surface area contributed by atoms with Crippen molar-refractivity contribution in [3.8, 4) is 11.5 Å². The minimum atomic E-state index is -0.323. The van der Waals surface area contributed by atoms with Crippen molar-refractivity contribution in [2.24, 2.45) is 11.0 Å². The number of rotatable bonds is 8. The van der Waals surface area contributed by atoms with Gasteiger partial charge in [-0.2, -0.15) is 5.10 Å². The molecule has 8 heteroatoms. The number of carbonyl (C=O) groups is 1. The Morgan fingerprint density at radius 2 is 2.19 bits per heavy atom. The van der Waals surface area contributed by atoms with Gasteiger partial charge in [0.1, 0.15) is 4.88 Å². The number of hydrogen-bond donors (Lipinski definition) is 2. The smallest absolute Gasteiger partial charge is 0.283 e. The van der Waals surface area contributed by atoms with Crippen LogP contribution in [0.15, 0.2) is 23.3 Å². The standard InChI is InChI=1S/C18H24N4O3S/c1-5-13-16(26-18(19)21-13)17(23)22-20-9-12-6-7-14(15(8-12)24-4)25-10-11(2)3/h6-9,11H,5,10H2,1-4H3,(H2,19,21)(H,22,23)/b20-9+. The third-order valence-electron chi connectivity index (χ3n) is 3.39. The fourth-order valence-electron chi connectivity index (χ4n) is 2.14. The van der Waals surface area contributed by atoms with Crippen LogP contribution >= 0.6 is 11.3 Å². The topological polar surface area (TPSA) is 98.8 Å². The van der Waals surface area contributed by atoms with E-state index in [-0.39, 0.29) is 5.91 Å². The maximum atomic E-state index is 12.2. The molecule has 0 fully saturated rings. The van der Waals surface area contributed by atoms with E-state index in [1.807, 2.05) is 19.1 Å². The number of ether oxygens (including phenoxy) is 2. The van der Waals surface area contributed by atoms with Crippen LogP contribution in [0.5, 0.6) is 11.5 Å². The van der Waals surface area contributed by atoms with Crippen LogP contribution in [0.4, 0.5) is 5.13 Å². The number of nitrogens with two attached hydrogens (primary N) is 1. The van der Waals surface area contributed by atoms with E-state index < -0.39 is 0 Å². The summed E-state index contributed by atoms with van der Waals surface area (Å²) in [6, 6.07) is 5.47. The minimum Gasteiger partial charge on any atom is -0.493 e. The number of nitrogen functional groups attached to an aromatic ring is 1. The Labute approximate surface area is 157 Å². The lowest BCUT2D eigenvalue weighted by Gasteiger charge is -2.12. The Balaban J connectivity index is 2.04. The van der Waals surface area contributed by atoms with Gasteiger partial charge in [0.2, 0.25) is 0 Å². The molecule has 3 N–H and O–H groups in total. The first-order chi connectivity index (χ1) is 12.4. The van der Waals surface area contributed by atoms with Crippen molar-refractivity contribution >= 4 is 28.6 Å². The molecule has 7 nitrogen and oxygen atoms in total. The second kappa shape index (κ2) is 9.19. The second-order valence-corrected chi connectivity index (χ2v) is 7.03. The van der Waals surface area contributed by atoms with E-state index in [2.05, 4.69) is 29.4 Å². The normalized spacial score (nSPS) is 11.1. The number of aryl methyl sites for hydroxylation is 1. The molecule has 0 saturated carbocycles. The van der Waals surface area contributed by atoms with E-state index in [1.165, 1.54) is 0 Å². The fourth-order valence-corrected chi connectivity index (χ4v) is 2.95. The maximum absolute atomic E-state index is 12.2. The Morgan fingerprint density at radius 1 is 1.42 bits per heavy atom. The number of amides is 1. The first kappa shape index (κ1) is 19.7. The van der Waals surface area contributed by atoms with Gasteiger partial charge in [0.25, 0.3) is 5.91 Å². The molecule has 0 aliphatic rings. The number of benzene rings is 1. The van der Waals surface area contributed by atoms with Crippen LogP contribution in [0.3, 0.4) is 0 Å². The molecular formula is C18H24N4O3S. The molecule has 0 aliphatic heterocycles. The van der Waals surface area contributed by atoms with E-state index in [0.29, 0.717) is 46.1 Å². The highest BCUT2D eigenvalue weighted by molar-refractivity contribution is 7.17. The highest BCUT2D eigenvalue weighted by atomic mass is 32.1. The van der Waals surface area contributed by atoms with Gasteiger partial charge >= 0.3 is 0 Å². The summed E-state index contributed by atoms with van der Waals surface area (Å²) in [6.07, 6.45) is 2.18. The second-order valence-electron chi connectivity index (χ2n) is 6.00. The number of nitrogens with zero attached hydrogens (tertiary/aromatic N) is 2. The van der Waals surface area contributed by atoms with Crippen molar-refractivity contribution in [2.75, 3.05) is 19.5 Å². The molecule has 0 bridgehead atoms. The van der Waals surface area contributed by atoms with Crippen LogP contribution in [0.1, 0.15) is 41.7 Å². The van der Waals surface area contributed by atoms with Gasteiger partial charge in [-0.25, -0.2) is 10.4 Å². The van der Waals surface area contributed by atoms with E-state index in [9.17, 15) is 4.79 Å². The third kappa shape index (κ3) is 5.19. The molecule has 0 saturated heterocycles. The lowest BCUT2D eigenvalue weighted by atomic mass is 10.2. The lowest BCUT2D eigenvalue weighted by molar-refractivity contribution is 0.0958. The average Bonchev–Trinajstić information content (AvgIpc) is 3.01. The summed E-state index contributed by atoms with van der Waals surface area (Å²) < 4.78 is 11.1. The van der Waals surface area contributed by atoms with Crippen LogP contribution in [0.25, 0.3) is 0 Å². The van der Waals surface area contributed by atoms with Crippen molar-refractivity contribution in [2.45, 2.75) is 27.2 Å². The molecule has 1 heterocycles. The molecule has 0 atom stereocenters. The largest absolute Gasteiger partial charge is 0.493 e. The molecule has 1 aromatic heterocycles. The number of methoxy groups -OCH3 is 1. The molecule has 0 aliphatic carbocycles. The average molecular weight is 376 g/mol. The van der Waals surface area contributed by atoms with E-state index in [1.54, 1.807) is 19.4 Å². The van der Waals surface area contributed by atoms with Crippen molar-refractivity contribution in [3.05, 3.63) is 34.3 Å². The number of anilines is 1. The molecule has 2 rings (SSSR count). The van der Waals surface area contributed by atoms with Gasteiger partial charge in [-0.15, -0.1) is 0 Å². The number of carbonyl (C=O) groups excluding carboxylic acids is 1. The zero-order valence-electron chi connectivity index (χ0n) is 15.4. The van der Waals surface area contributed by atoms with Crippen LogP contribution in [-0.4, -0.2) is 30.8 Å². The summed E-state index contributed by atoms with van der Waals surface area (Å²) in [7, 11) is 1.58. The molecule has 2 aromatic rings. The summed E-state index contributed by atoms with van der Waals surface area (Å²) in [5, 5.41) is 4.37. The van der Waals surface area contributed by atoms with Crippen LogP contribution in [-0.2, 0) is 6.42 Å². The number of hydrogen-bond acceptors (Lipinski definition) is 7. The lowest BCUT2D eigenvalue weighted by Crippen LogP contribution is -2.17. The Hall–Kier alpha value is -2.61. The Kier molecular flexibility index (Phi) is 6.97. The van der Waals surface area contributed by atoms with E-state index in [0.717, 1.165) is 16.9 Å². The molecule has 140 valence electrons. The molecule has 0 radical (unpaired) electrons. The van der Waals surface area contributed by atoms with Crippen molar-refractivity contribution < 1.29 is 14.3 Å². The van der Waals surface area contributed by atoms with Gasteiger partial charge in [0.05, 0.1) is 25.6 Å². The Morgan fingerprint density at radius 3 is 2.85 bits per heavy atom. The summed E-state index contributed by atoms with van der Waals surface area (Å²) in [4.78, 5) is 16.8. The van der Waals surface area contributed by atoms with Crippen molar-refractivity contribution in [1.82, 2.24) is 10.4 Å². The van der Waals surface area contributed by atoms with Crippen molar-refractivity contribution in [1.29, 1.82) is 0 Å². The Bertz CT molecular complexity index is 787. The van der Waals surface area contributed by atoms with Crippen LogP contribution < -0.4 is 20.6 Å². The molecule has 0 spiro atoms. The predicted octanol–water partition coefficient (Wildman–Crippen LogP) is 3.10. The predicted molar refractivity (Wildman–Crippen MR) is 104 cm³/mol. The number of nitrogens with one attached hydrogen (secondary N) is 1. The zero-order chi connectivity index (χ0) is 19.1. The molecular weight excluding hydrogens is 352 g/mol. The number of aromatic nitrogens is 1. The van der Waals surface area contributed by atoms with Crippen LogP contribution in [0, 0.1) is 5.92 Å². The van der Waals surface area contributed by atoms with Gasteiger partial charge < -0.3 is 15.2 Å². The fraction of sp³-hybridized carbons (Fsp3) is 0.389. The van der Waals surface area contributed by atoms with Gasteiger partial charge in [0.15, 0.2) is 16.6 Å². The van der Waals surface area contributed by atoms with Gasteiger partial charge in [-0.05, 0) is 36.1 Å². The summed E-state index contributed by atoms with van der Waals surface area (Å²) in [5.74, 6) is 1.39. The monoisotopic (exact) mass is 376 g/mol. The minimum absolute atomic E-state index is 0.323. The summed E-state index contributed by atoms with van der Waals surface area (Å²) in [6.45, 7) is 6.69. The molecule has 0 unspecified atom stereocenters. The molecule has 26 heavy (non-hydrogen) atoms. The van der Waals surface area contributed by atoms with Crippen molar-refractivity contribution in [3.63, 3.8) is 0 Å². The maximum Gasteiger partial charge on any atom is 0.283 e. The quantitative estimate of drug-likeness (QED) is 0.545. The third-order valence-corrected chi connectivity index (χ3v) is 4.32. The van der Waals surface area contributed by atoms with Crippen LogP contribution in [0.2, 0.25) is 0 Å². The number of hydrazone groups is 1. The SMILES string of the molecule is CCc1nc(N)sc1C(=O)N/N=C/c1ccc(OCC(C)C)c(OC)c1. The zero-order valence-corrected chi connectivity index (χ0v) is 16.2. The molecule has 1 amide bonds. The summed E-state index contributed by atoms with van der Waals surface area (Å²) in [5.41, 5.74) is 9.62. The number of thiazole rings is 1. The highest BCUT2D eigenvalue weighted by Gasteiger charge is 2.15. The van der Waals surface area contributed by atoms with E-state index in [4.69, 9.17) is 15.2 Å². The molecule has 1 aromatic carbocycles. The summed E-state index contributed by atoms with van der Waals surface area (Å²) >= 11 is 1.15. The van der Waals surface area contributed by atoms with Gasteiger partial charge in [-0.3, -0.25) is 4.79 Å². The highest BCUT2D eigenvalue weighted by Crippen LogP contribution is 2.28. The van der Waals surface area contributed by atoms with Gasteiger partial charge in [0, 0.05) is 0 Å².